The first-order chi connectivity index (χ1) is 9.58. The van der Waals surface area contributed by atoms with Crippen LogP contribution < -0.4 is 0 Å². The van der Waals surface area contributed by atoms with Crippen molar-refractivity contribution >= 4 is 28.9 Å². The Bertz CT molecular complexity index is 578. The Hall–Kier alpha value is -1.17. The van der Waals surface area contributed by atoms with E-state index in [-0.39, 0.29) is 5.78 Å². The third-order valence-corrected chi connectivity index (χ3v) is 4.49. The predicted octanol–water partition coefficient (Wildman–Crippen LogP) is 3.49. The van der Waals surface area contributed by atoms with Gasteiger partial charge >= 0.3 is 0 Å². The minimum Gasteiger partial charge on any atom is -0.293 e. The van der Waals surface area contributed by atoms with Crippen molar-refractivity contribution in [2.45, 2.75) is 18.4 Å². The Kier molecular flexibility index (Phi) is 5.34. The standard InChI is InChI=1S/C15H18N2OS2/c1-11-16-13(10-20-11)8-17(2)9-15(18)12-4-6-14(19-3)7-5-12/h4-7,10H,8-9H2,1-3H3. The number of hydrogen-bond acceptors (Lipinski definition) is 5. The van der Waals surface area contributed by atoms with E-state index in [1.54, 1.807) is 23.1 Å². The summed E-state index contributed by atoms with van der Waals surface area (Å²) >= 11 is 3.32. The molecule has 0 bridgehead atoms. The number of likely N-dealkylation sites (N-methyl/N-ethyl adjacent to an activating group) is 1. The van der Waals surface area contributed by atoms with Crippen molar-refractivity contribution in [3.63, 3.8) is 0 Å². The Morgan fingerprint density at radius 1 is 1.35 bits per heavy atom. The van der Waals surface area contributed by atoms with Gasteiger partial charge in [-0.05, 0) is 32.4 Å². The predicted molar refractivity (Wildman–Crippen MR) is 85.7 cm³/mol. The normalized spacial score (nSPS) is 11.0. The number of Topliss-reactive ketones (excluding diaryl/α,β-unsaturated/α-hetero) is 1. The molecule has 2 rings (SSSR count). The van der Waals surface area contributed by atoms with Gasteiger partial charge in [-0.25, -0.2) is 4.98 Å². The molecule has 0 saturated carbocycles. The van der Waals surface area contributed by atoms with Crippen molar-refractivity contribution in [3.8, 4) is 0 Å². The first-order valence-corrected chi connectivity index (χ1v) is 8.45. The zero-order valence-electron chi connectivity index (χ0n) is 11.9. The molecule has 0 aliphatic heterocycles. The molecule has 3 nitrogen and oxygen atoms in total. The van der Waals surface area contributed by atoms with Crippen LogP contribution in [0.5, 0.6) is 0 Å². The van der Waals surface area contributed by atoms with Crippen molar-refractivity contribution in [1.29, 1.82) is 0 Å². The van der Waals surface area contributed by atoms with Crippen LogP contribution in [-0.2, 0) is 6.54 Å². The highest BCUT2D eigenvalue weighted by Gasteiger charge is 2.11. The number of rotatable bonds is 6. The fraction of sp³-hybridized carbons (Fsp3) is 0.333. The van der Waals surface area contributed by atoms with Crippen molar-refractivity contribution in [2.75, 3.05) is 19.8 Å². The lowest BCUT2D eigenvalue weighted by Crippen LogP contribution is -2.25. The van der Waals surface area contributed by atoms with Gasteiger partial charge in [0.15, 0.2) is 5.78 Å². The average Bonchev–Trinajstić information content (AvgIpc) is 2.84. The van der Waals surface area contributed by atoms with Crippen LogP contribution in [0.1, 0.15) is 21.1 Å². The number of ketones is 1. The van der Waals surface area contributed by atoms with Gasteiger partial charge < -0.3 is 0 Å². The SMILES string of the molecule is CSc1ccc(C(=O)CN(C)Cc2csc(C)n2)cc1. The molecule has 2 aromatic rings. The third kappa shape index (κ3) is 4.16. The van der Waals surface area contributed by atoms with E-state index in [2.05, 4.69) is 4.98 Å². The number of hydrogen-bond donors (Lipinski definition) is 0. The van der Waals surface area contributed by atoms with E-state index in [9.17, 15) is 4.79 Å². The number of thiazole rings is 1. The molecule has 1 heterocycles. The summed E-state index contributed by atoms with van der Waals surface area (Å²) in [5.74, 6) is 0.145. The van der Waals surface area contributed by atoms with E-state index in [1.165, 1.54) is 4.90 Å². The summed E-state index contributed by atoms with van der Waals surface area (Å²) < 4.78 is 0. The van der Waals surface area contributed by atoms with Crippen LogP contribution in [-0.4, -0.2) is 35.5 Å². The summed E-state index contributed by atoms with van der Waals surface area (Å²) in [6, 6.07) is 7.77. The largest absolute Gasteiger partial charge is 0.293 e. The zero-order chi connectivity index (χ0) is 14.5. The molecule has 0 spiro atoms. The number of carbonyl (C=O) groups is 1. The van der Waals surface area contributed by atoms with E-state index < -0.39 is 0 Å². The molecule has 106 valence electrons. The summed E-state index contributed by atoms with van der Waals surface area (Å²) in [5, 5.41) is 3.11. The van der Waals surface area contributed by atoms with Crippen LogP contribution in [0, 0.1) is 6.92 Å². The lowest BCUT2D eigenvalue weighted by molar-refractivity contribution is 0.0942. The Morgan fingerprint density at radius 2 is 2.05 bits per heavy atom. The smallest absolute Gasteiger partial charge is 0.176 e. The van der Waals surface area contributed by atoms with Crippen LogP contribution in [0.25, 0.3) is 0 Å². The molecule has 0 atom stereocenters. The molecular formula is C15H18N2OS2. The Labute approximate surface area is 128 Å². The maximum atomic E-state index is 12.2. The van der Waals surface area contributed by atoms with Gasteiger partial charge in [-0.15, -0.1) is 23.1 Å². The highest BCUT2D eigenvalue weighted by molar-refractivity contribution is 7.98. The van der Waals surface area contributed by atoms with E-state index in [1.807, 2.05) is 54.8 Å². The van der Waals surface area contributed by atoms with E-state index >= 15 is 0 Å². The van der Waals surface area contributed by atoms with E-state index in [0.29, 0.717) is 13.1 Å². The van der Waals surface area contributed by atoms with Crippen LogP contribution in [0.3, 0.4) is 0 Å². The first kappa shape index (κ1) is 15.2. The summed E-state index contributed by atoms with van der Waals surface area (Å²) in [7, 11) is 1.95. The molecular weight excluding hydrogens is 288 g/mol. The van der Waals surface area contributed by atoms with Crippen molar-refractivity contribution in [2.24, 2.45) is 0 Å². The summed E-state index contributed by atoms with van der Waals surface area (Å²) in [6.07, 6.45) is 2.03. The molecule has 0 aliphatic rings. The maximum absolute atomic E-state index is 12.2. The first-order valence-electron chi connectivity index (χ1n) is 6.35. The number of aromatic nitrogens is 1. The fourth-order valence-corrected chi connectivity index (χ4v) is 2.94. The summed E-state index contributed by atoms with van der Waals surface area (Å²) in [6.45, 7) is 3.11. The van der Waals surface area contributed by atoms with Crippen LogP contribution >= 0.6 is 23.1 Å². The molecule has 0 saturated heterocycles. The van der Waals surface area contributed by atoms with E-state index in [0.717, 1.165) is 16.3 Å². The minimum absolute atomic E-state index is 0.145. The minimum atomic E-state index is 0.145. The van der Waals surface area contributed by atoms with Crippen molar-refractivity contribution in [1.82, 2.24) is 9.88 Å². The second kappa shape index (κ2) is 7.02. The van der Waals surface area contributed by atoms with Crippen molar-refractivity contribution in [3.05, 3.63) is 45.9 Å². The van der Waals surface area contributed by atoms with Gasteiger partial charge in [0.2, 0.25) is 0 Å². The zero-order valence-corrected chi connectivity index (χ0v) is 13.6. The molecule has 1 aromatic heterocycles. The molecule has 0 aliphatic carbocycles. The number of carbonyl (C=O) groups excluding carboxylic acids is 1. The fourth-order valence-electron chi connectivity index (χ4n) is 1.93. The molecule has 1 aromatic carbocycles. The lowest BCUT2D eigenvalue weighted by atomic mass is 10.1. The monoisotopic (exact) mass is 306 g/mol. The highest BCUT2D eigenvalue weighted by Crippen LogP contribution is 2.15. The van der Waals surface area contributed by atoms with Crippen LogP contribution in [0.2, 0.25) is 0 Å². The lowest BCUT2D eigenvalue weighted by Gasteiger charge is -2.14. The Morgan fingerprint density at radius 3 is 2.60 bits per heavy atom. The molecule has 20 heavy (non-hydrogen) atoms. The quantitative estimate of drug-likeness (QED) is 0.604. The third-order valence-electron chi connectivity index (χ3n) is 2.92. The molecule has 0 amide bonds. The van der Waals surface area contributed by atoms with Crippen molar-refractivity contribution < 1.29 is 4.79 Å². The van der Waals surface area contributed by atoms with Gasteiger partial charge in [-0.1, -0.05) is 12.1 Å². The average molecular weight is 306 g/mol. The number of benzene rings is 1. The van der Waals surface area contributed by atoms with Gasteiger partial charge in [0.25, 0.3) is 0 Å². The van der Waals surface area contributed by atoms with Gasteiger partial charge in [-0.2, -0.15) is 0 Å². The highest BCUT2D eigenvalue weighted by atomic mass is 32.2. The number of aryl methyl sites for hydroxylation is 1. The van der Waals surface area contributed by atoms with Gasteiger partial charge in [0.05, 0.1) is 17.2 Å². The van der Waals surface area contributed by atoms with Gasteiger partial charge in [-0.3, -0.25) is 9.69 Å². The van der Waals surface area contributed by atoms with Gasteiger partial charge in [0, 0.05) is 22.4 Å². The second-order valence-corrected chi connectivity index (χ2v) is 6.62. The molecule has 0 fully saturated rings. The maximum Gasteiger partial charge on any atom is 0.176 e. The van der Waals surface area contributed by atoms with Crippen LogP contribution in [0.15, 0.2) is 34.5 Å². The van der Waals surface area contributed by atoms with E-state index in [4.69, 9.17) is 0 Å². The van der Waals surface area contributed by atoms with Gasteiger partial charge in [0.1, 0.15) is 0 Å². The van der Waals surface area contributed by atoms with Crippen LogP contribution in [0.4, 0.5) is 0 Å². The number of thioether (sulfide) groups is 1. The molecule has 0 radical (unpaired) electrons. The molecule has 0 N–H and O–H groups in total. The summed E-state index contributed by atoms with van der Waals surface area (Å²) in [4.78, 5) is 19.8. The number of nitrogens with zero attached hydrogens (tertiary/aromatic N) is 2. The second-order valence-electron chi connectivity index (χ2n) is 4.68. The summed E-state index contributed by atoms with van der Waals surface area (Å²) in [5.41, 5.74) is 1.80. The topological polar surface area (TPSA) is 33.2 Å². The Balaban J connectivity index is 1.92. The molecule has 0 unspecified atom stereocenters. The molecule has 5 heteroatoms.